The zero-order valence-electron chi connectivity index (χ0n) is 19.7. The first kappa shape index (κ1) is 24.4. The van der Waals surface area contributed by atoms with E-state index in [9.17, 15) is 4.79 Å². The van der Waals surface area contributed by atoms with Crippen molar-refractivity contribution in [3.8, 4) is 16.9 Å². The molecule has 1 aliphatic rings. The molecule has 1 aromatic heterocycles. The summed E-state index contributed by atoms with van der Waals surface area (Å²) in [5.41, 5.74) is 3.75. The summed E-state index contributed by atoms with van der Waals surface area (Å²) in [6.45, 7) is 3.78. The zero-order chi connectivity index (χ0) is 24.9. The van der Waals surface area contributed by atoms with Crippen LogP contribution in [-0.2, 0) is 13.3 Å². The van der Waals surface area contributed by atoms with Crippen LogP contribution in [0.15, 0.2) is 85.1 Å². The number of hydrogen-bond donors (Lipinski definition) is 0. The quantitative estimate of drug-likeness (QED) is 0.306. The summed E-state index contributed by atoms with van der Waals surface area (Å²) in [5.74, 6) is 0.681. The van der Waals surface area contributed by atoms with Crippen LogP contribution in [0.1, 0.15) is 16.1 Å². The molecule has 184 valence electrons. The molecule has 0 atom stereocenters. The van der Waals surface area contributed by atoms with Gasteiger partial charge in [-0.3, -0.25) is 9.69 Å². The van der Waals surface area contributed by atoms with Crippen molar-refractivity contribution in [3.05, 3.63) is 106 Å². The van der Waals surface area contributed by atoms with Gasteiger partial charge in [0.1, 0.15) is 5.75 Å². The predicted octanol–water partition coefficient (Wildman–Crippen LogP) is 5.85. The van der Waals surface area contributed by atoms with Crippen LogP contribution < -0.4 is 4.74 Å². The van der Waals surface area contributed by atoms with Gasteiger partial charge in [0.15, 0.2) is 12.4 Å². The van der Waals surface area contributed by atoms with Gasteiger partial charge in [-0.2, -0.15) is 5.10 Å². The zero-order valence-corrected chi connectivity index (χ0v) is 21.2. The molecule has 0 aliphatic carbocycles. The van der Waals surface area contributed by atoms with Gasteiger partial charge in [-0.25, -0.2) is 4.68 Å². The number of amides is 1. The Bertz CT molecular complexity index is 1320. The number of nitrogens with zero attached hydrogens (tertiary/aromatic N) is 4. The van der Waals surface area contributed by atoms with Crippen LogP contribution in [0.2, 0.25) is 10.0 Å². The summed E-state index contributed by atoms with van der Waals surface area (Å²) in [5, 5.41) is 5.73. The molecule has 6 nitrogen and oxygen atoms in total. The molecule has 5 rings (SSSR count). The van der Waals surface area contributed by atoms with Crippen molar-refractivity contribution in [2.75, 3.05) is 26.2 Å². The van der Waals surface area contributed by atoms with Crippen LogP contribution in [0.25, 0.3) is 11.1 Å². The molecule has 0 N–H and O–H groups in total. The van der Waals surface area contributed by atoms with Gasteiger partial charge >= 0.3 is 0 Å². The van der Waals surface area contributed by atoms with Crippen LogP contribution >= 0.6 is 23.2 Å². The second-order valence-electron chi connectivity index (χ2n) is 8.71. The average Bonchev–Trinajstić information content (AvgIpc) is 3.39. The molecular weight excluding hydrogens is 495 g/mol. The van der Waals surface area contributed by atoms with Crippen molar-refractivity contribution < 1.29 is 9.53 Å². The minimum Gasteiger partial charge on any atom is -0.471 e. The summed E-state index contributed by atoms with van der Waals surface area (Å²) in [4.78, 5) is 17.1. The standard InChI is InChI=1S/C28H26Cl2N4O2/c29-24-9-6-23(26(30)18-24)19-32-14-16-33(17-15-32)28(35)27-12-13-34(31-27)20-36-25-10-7-22(8-11-25)21-4-2-1-3-5-21/h1-13,18H,14-17,19-20H2. The van der Waals surface area contributed by atoms with Crippen molar-refractivity contribution in [2.45, 2.75) is 13.3 Å². The van der Waals surface area contributed by atoms with Crippen LogP contribution in [-0.4, -0.2) is 51.7 Å². The number of aromatic nitrogens is 2. The molecule has 4 aromatic rings. The molecule has 0 radical (unpaired) electrons. The Morgan fingerprint density at radius 1 is 0.861 bits per heavy atom. The number of carbonyl (C=O) groups is 1. The number of halogens is 2. The Morgan fingerprint density at radius 3 is 2.31 bits per heavy atom. The molecule has 1 saturated heterocycles. The number of rotatable bonds is 7. The average molecular weight is 521 g/mol. The lowest BCUT2D eigenvalue weighted by Gasteiger charge is -2.34. The number of hydrogen-bond acceptors (Lipinski definition) is 4. The van der Waals surface area contributed by atoms with Crippen molar-refractivity contribution in [1.29, 1.82) is 0 Å². The Balaban J connectivity index is 1.11. The first-order valence-corrected chi connectivity index (χ1v) is 12.6. The second kappa shape index (κ2) is 11.2. The Labute approximate surface area is 220 Å². The molecule has 1 amide bonds. The largest absolute Gasteiger partial charge is 0.471 e. The van der Waals surface area contributed by atoms with Gasteiger partial charge in [0, 0.05) is 49.0 Å². The third kappa shape index (κ3) is 5.90. The fraction of sp³-hybridized carbons (Fsp3) is 0.214. The highest BCUT2D eigenvalue weighted by Gasteiger charge is 2.24. The molecule has 8 heteroatoms. The van der Waals surface area contributed by atoms with Crippen LogP contribution in [0.4, 0.5) is 0 Å². The van der Waals surface area contributed by atoms with E-state index in [0.29, 0.717) is 28.8 Å². The van der Waals surface area contributed by atoms with Gasteiger partial charge < -0.3 is 9.64 Å². The van der Waals surface area contributed by atoms with Crippen LogP contribution in [0.5, 0.6) is 5.75 Å². The molecule has 0 saturated carbocycles. The van der Waals surface area contributed by atoms with E-state index in [4.69, 9.17) is 27.9 Å². The van der Waals surface area contributed by atoms with Crippen molar-refractivity contribution in [2.24, 2.45) is 0 Å². The van der Waals surface area contributed by atoms with Gasteiger partial charge in [-0.05, 0) is 47.0 Å². The molecule has 1 fully saturated rings. The molecule has 1 aliphatic heterocycles. The normalized spacial score (nSPS) is 14.1. The van der Waals surface area contributed by atoms with Gasteiger partial charge in [0.25, 0.3) is 5.91 Å². The minimum atomic E-state index is -0.0647. The fourth-order valence-electron chi connectivity index (χ4n) is 4.22. The smallest absolute Gasteiger partial charge is 0.274 e. The summed E-state index contributed by atoms with van der Waals surface area (Å²) in [6, 6.07) is 25.4. The molecule has 2 heterocycles. The van der Waals surface area contributed by atoms with Crippen molar-refractivity contribution in [3.63, 3.8) is 0 Å². The lowest BCUT2D eigenvalue weighted by Crippen LogP contribution is -2.48. The number of benzene rings is 3. The predicted molar refractivity (Wildman–Crippen MR) is 142 cm³/mol. The van der Waals surface area contributed by atoms with E-state index in [0.717, 1.165) is 42.1 Å². The van der Waals surface area contributed by atoms with E-state index in [1.54, 1.807) is 23.0 Å². The minimum absolute atomic E-state index is 0.0647. The van der Waals surface area contributed by atoms with E-state index in [-0.39, 0.29) is 12.6 Å². The summed E-state index contributed by atoms with van der Waals surface area (Å²) < 4.78 is 7.50. The molecule has 3 aromatic carbocycles. The van der Waals surface area contributed by atoms with E-state index in [2.05, 4.69) is 22.1 Å². The Morgan fingerprint density at radius 2 is 1.58 bits per heavy atom. The van der Waals surface area contributed by atoms with Gasteiger partial charge in [0.05, 0.1) is 0 Å². The lowest BCUT2D eigenvalue weighted by atomic mass is 10.1. The van der Waals surface area contributed by atoms with Gasteiger partial charge in [-0.15, -0.1) is 0 Å². The topological polar surface area (TPSA) is 50.6 Å². The van der Waals surface area contributed by atoms with E-state index in [1.807, 2.05) is 59.5 Å². The molecular formula is C28H26Cl2N4O2. The Hall–Kier alpha value is -3.32. The Kier molecular flexibility index (Phi) is 7.56. The lowest BCUT2D eigenvalue weighted by molar-refractivity contribution is 0.0621. The van der Waals surface area contributed by atoms with E-state index in [1.165, 1.54) is 0 Å². The highest BCUT2D eigenvalue weighted by Crippen LogP contribution is 2.24. The second-order valence-corrected chi connectivity index (χ2v) is 9.55. The van der Waals surface area contributed by atoms with E-state index >= 15 is 0 Å². The maximum atomic E-state index is 13.0. The van der Waals surface area contributed by atoms with Gasteiger partial charge in [0.2, 0.25) is 0 Å². The third-order valence-electron chi connectivity index (χ3n) is 6.25. The highest BCUT2D eigenvalue weighted by molar-refractivity contribution is 6.35. The first-order valence-electron chi connectivity index (χ1n) is 11.8. The number of carbonyl (C=O) groups excluding carboxylic acids is 1. The van der Waals surface area contributed by atoms with Crippen LogP contribution in [0.3, 0.4) is 0 Å². The summed E-state index contributed by atoms with van der Waals surface area (Å²) in [6.07, 6.45) is 1.77. The molecule has 36 heavy (non-hydrogen) atoms. The fourth-order valence-corrected chi connectivity index (χ4v) is 4.69. The SMILES string of the molecule is O=C(c1ccn(COc2ccc(-c3ccccc3)cc2)n1)N1CCN(Cc2ccc(Cl)cc2Cl)CC1. The highest BCUT2D eigenvalue weighted by atomic mass is 35.5. The first-order chi connectivity index (χ1) is 17.5. The number of piperazine rings is 1. The third-order valence-corrected chi connectivity index (χ3v) is 6.84. The monoisotopic (exact) mass is 520 g/mol. The summed E-state index contributed by atoms with van der Waals surface area (Å²) >= 11 is 12.3. The van der Waals surface area contributed by atoms with Crippen molar-refractivity contribution >= 4 is 29.1 Å². The summed E-state index contributed by atoms with van der Waals surface area (Å²) in [7, 11) is 0. The molecule has 0 spiro atoms. The molecule has 0 bridgehead atoms. The van der Waals surface area contributed by atoms with Gasteiger partial charge in [-0.1, -0.05) is 71.7 Å². The molecule has 0 unspecified atom stereocenters. The number of ether oxygens (including phenoxy) is 1. The van der Waals surface area contributed by atoms with Crippen LogP contribution in [0, 0.1) is 0 Å². The maximum Gasteiger partial charge on any atom is 0.274 e. The van der Waals surface area contributed by atoms with Crippen molar-refractivity contribution in [1.82, 2.24) is 19.6 Å². The maximum absolute atomic E-state index is 13.0. The van der Waals surface area contributed by atoms with E-state index < -0.39 is 0 Å².